The summed E-state index contributed by atoms with van der Waals surface area (Å²) in [5, 5.41) is 9.15. The highest BCUT2D eigenvalue weighted by molar-refractivity contribution is 6.02. The molecule has 94 valence electrons. The van der Waals surface area contributed by atoms with Gasteiger partial charge in [0.15, 0.2) is 0 Å². The highest BCUT2D eigenvalue weighted by Crippen LogP contribution is 2.20. The van der Waals surface area contributed by atoms with Crippen molar-refractivity contribution in [3.8, 4) is 5.88 Å². The van der Waals surface area contributed by atoms with Crippen molar-refractivity contribution in [2.45, 2.75) is 13.3 Å². The van der Waals surface area contributed by atoms with Crippen molar-refractivity contribution in [1.82, 2.24) is 20.2 Å². The van der Waals surface area contributed by atoms with Crippen LogP contribution in [0.1, 0.15) is 23.4 Å². The van der Waals surface area contributed by atoms with Gasteiger partial charge in [-0.2, -0.15) is 0 Å². The molecule has 0 aliphatic rings. The summed E-state index contributed by atoms with van der Waals surface area (Å²) in [6.07, 6.45) is 2.27. The molecule has 0 aliphatic carbocycles. The fourth-order valence-electron chi connectivity index (χ4n) is 1.38. The summed E-state index contributed by atoms with van der Waals surface area (Å²) >= 11 is 0. The molecule has 0 fully saturated rings. The second kappa shape index (κ2) is 5.26. The van der Waals surface area contributed by atoms with Crippen LogP contribution in [0.2, 0.25) is 0 Å². The lowest BCUT2D eigenvalue weighted by atomic mass is 10.4. The average molecular weight is 247 g/mol. The number of nitrogens with zero attached hydrogens (tertiary/aromatic N) is 3. The molecule has 0 atom stereocenters. The predicted molar refractivity (Wildman–Crippen MR) is 64.5 cm³/mol. The number of hydrogen-bond donors (Lipinski definition) is 2. The highest BCUT2D eigenvalue weighted by atomic mass is 16.5. The van der Waals surface area contributed by atoms with Crippen LogP contribution in [0.15, 0.2) is 18.3 Å². The zero-order valence-corrected chi connectivity index (χ0v) is 10.1. The van der Waals surface area contributed by atoms with Crippen LogP contribution < -0.4 is 10.1 Å². The first kappa shape index (κ1) is 12.0. The standard InChI is InChI=1S/C11H13N5O2/c1-3-8-14-9(16-15-8)10(17)13-7-5-4-6-12-11(7)18-2/h4-6H,3H2,1-2H3,(H,13,17)(H,14,15,16). The first-order valence-electron chi connectivity index (χ1n) is 5.46. The van der Waals surface area contributed by atoms with Crippen molar-refractivity contribution in [1.29, 1.82) is 0 Å². The molecule has 2 N–H and O–H groups in total. The van der Waals surface area contributed by atoms with Gasteiger partial charge in [-0.15, -0.1) is 5.10 Å². The number of amides is 1. The molecule has 18 heavy (non-hydrogen) atoms. The Hall–Kier alpha value is -2.44. The van der Waals surface area contributed by atoms with Crippen molar-refractivity contribution < 1.29 is 9.53 Å². The van der Waals surface area contributed by atoms with Gasteiger partial charge in [0.25, 0.3) is 5.91 Å². The summed E-state index contributed by atoms with van der Waals surface area (Å²) in [7, 11) is 1.49. The Morgan fingerprint density at radius 2 is 2.39 bits per heavy atom. The predicted octanol–water partition coefficient (Wildman–Crippen LogP) is 1.02. The third-order valence-corrected chi connectivity index (χ3v) is 2.28. The monoisotopic (exact) mass is 247 g/mol. The molecule has 0 radical (unpaired) electrons. The number of carbonyl (C=O) groups excluding carboxylic acids is 1. The van der Waals surface area contributed by atoms with E-state index in [0.29, 0.717) is 23.8 Å². The number of nitrogens with one attached hydrogen (secondary N) is 2. The van der Waals surface area contributed by atoms with Crippen molar-refractivity contribution >= 4 is 11.6 Å². The average Bonchev–Trinajstić information content (AvgIpc) is 2.88. The topological polar surface area (TPSA) is 92.8 Å². The van der Waals surface area contributed by atoms with E-state index in [4.69, 9.17) is 4.74 Å². The van der Waals surface area contributed by atoms with E-state index in [1.165, 1.54) is 7.11 Å². The minimum atomic E-state index is -0.405. The van der Waals surface area contributed by atoms with E-state index in [9.17, 15) is 4.79 Å². The number of methoxy groups -OCH3 is 1. The summed E-state index contributed by atoms with van der Waals surface area (Å²) in [5.41, 5.74) is 0.479. The van der Waals surface area contributed by atoms with Gasteiger partial charge in [0.1, 0.15) is 11.5 Å². The zero-order chi connectivity index (χ0) is 13.0. The molecule has 0 aliphatic heterocycles. The maximum Gasteiger partial charge on any atom is 0.295 e. The molecule has 1 amide bonds. The number of H-pyrrole nitrogens is 1. The molecular formula is C11H13N5O2. The number of carbonyl (C=O) groups is 1. The van der Waals surface area contributed by atoms with Gasteiger partial charge in [0.2, 0.25) is 11.7 Å². The zero-order valence-electron chi connectivity index (χ0n) is 10.1. The summed E-state index contributed by atoms with van der Waals surface area (Å²) in [6.45, 7) is 1.92. The molecule has 0 unspecified atom stereocenters. The van der Waals surface area contributed by atoms with Crippen LogP contribution in [-0.2, 0) is 6.42 Å². The number of anilines is 1. The molecule has 2 aromatic rings. The van der Waals surface area contributed by atoms with Gasteiger partial charge in [-0.25, -0.2) is 9.97 Å². The normalized spacial score (nSPS) is 10.1. The molecule has 7 nitrogen and oxygen atoms in total. The Bertz CT molecular complexity index is 552. The van der Waals surface area contributed by atoms with Gasteiger partial charge in [0.05, 0.1) is 7.11 Å². The van der Waals surface area contributed by atoms with Crippen LogP contribution in [0.25, 0.3) is 0 Å². The van der Waals surface area contributed by atoms with Crippen LogP contribution in [-0.4, -0.2) is 33.2 Å². The van der Waals surface area contributed by atoms with Crippen molar-refractivity contribution in [2.75, 3.05) is 12.4 Å². The van der Waals surface area contributed by atoms with Gasteiger partial charge in [0, 0.05) is 12.6 Å². The molecule has 0 spiro atoms. The summed E-state index contributed by atoms with van der Waals surface area (Å²) in [5.74, 6) is 0.699. The van der Waals surface area contributed by atoms with E-state index in [1.54, 1.807) is 18.3 Å². The molecule has 0 bridgehead atoms. The first-order valence-corrected chi connectivity index (χ1v) is 5.46. The van der Waals surface area contributed by atoms with Gasteiger partial charge < -0.3 is 10.1 Å². The fraction of sp³-hybridized carbons (Fsp3) is 0.273. The Labute approximate surface area is 104 Å². The van der Waals surface area contributed by atoms with E-state index in [2.05, 4.69) is 25.5 Å². The molecule has 2 heterocycles. The minimum Gasteiger partial charge on any atom is -0.480 e. The first-order chi connectivity index (χ1) is 8.74. The lowest BCUT2D eigenvalue weighted by Gasteiger charge is -2.06. The largest absolute Gasteiger partial charge is 0.480 e. The van der Waals surface area contributed by atoms with Crippen LogP contribution >= 0.6 is 0 Å². The quantitative estimate of drug-likeness (QED) is 0.841. The summed E-state index contributed by atoms with van der Waals surface area (Å²) < 4.78 is 5.03. The van der Waals surface area contributed by atoms with E-state index in [0.717, 1.165) is 0 Å². The number of pyridine rings is 1. The smallest absolute Gasteiger partial charge is 0.295 e. The molecular weight excluding hydrogens is 234 g/mol. The molecule has 0 saturated heterocycles. The highest BCUT2D eigenvalue weighted by Gasteiger charge is 2.14. The SMILES string of the molecule is CCc1nc(C(=O)Nc2cccnc2OC)n[nH]1. The fourth-order valence-corrected chi connectivity index (χ4v) is 1.38. The number of hydrogen-bond acceptors (Lipinski definition) is 5. The number of rotatable bonds is 4. The van der Waals surface area contributed by atoms with E-state index >= 15 is 0 Å². The van der Waals surface area contributed by atoms with E-state index in [-0.39, 0.29) is 5.82 Å². The Kier molecular flexibility index (Phi) is 3.52. The summed E-state index contributed by atoms with van der Waals surface area (Å²) in [6, 6.07) is 3.39. The van der Waals surface area contributed by atoms with Gasteiger partial charge in [-0.05, 0) is 12.1 Å². The number of aromatic amines is 1. The Morgan fingerprint density at radius 1 is 1.56 bits per heavy atom. The van der Waals surface area contributed by atoms with Crippen LogP contribution in [0.5, 0.6) is 5.88 Å². The number of aryl methyl sites for hydroxylation is 1. The maximum atomic E-state index is 11.9. The molecule has 2 aromatic heterocycles. The van der Waals surface area contributed by atoms with Gasteiger partial charge in [-0.3, -0.25) is 9.89 Å². The lowest BCUT2D eigenvalue weighted by Crippen LogP contribution is -2.14. The van der Waals surface area contributed by atoms with Crippen LogP contribution in [0.4, 0.5) is 5.69 Å². The third kappa shape index (κ3) is 2.45. The Morgan fingerprint density at radius 3 is 3.06 bits per heavy atom. The summed E-state index contributed by atoms with van der Waals surface area (Å²) in [4.78, 5) is 19.9. The van der Waals surface area contributed by atoms with Gasteiger partial charge >= 0.3 is 0 Å². The van der Waals surface area contributed by atoms with E-state index < -0.39 is 5.91 Å². The van der Waals surface area contributed by atoms with Crippen LogP contribution in [0.3, 0.4) is 0 Å². The van der Waals surface area contributed by atoms with Crippen LogP contribution in [0, 0.1) is 0 Å². The van der Waals surface area contributed by atoms with Crippen molar-refractivity contribution in [3.63, 3.8) is 0 Å². The third-order valence-electron chi connectivity index (χ3n) is 2.28. The molecule has 7 heteroatoms. The van der Waals surface area contributed by atoms with E-state index in [1.807, 2.05) is 6.92 Å². The molecule has 0 saturated carbocycles. The van der Waals surface area contributed by atoms with Gasteiger partial charge in [-0.1, -0.05) is 6.92 Å². The van der Waals surface area contributed by atoms with Crippen molar-refractivity contribution in [3.05, 3.63) is 30.0 Å². The lowest BCUT2D eigenvalue weighted by molar-refractivity contribution is 0.101. The van der Waals surface area contributed by atoms with Crippen molar-refractivity contribution in [2.24, 2.45) is 0 Å². The molecule has 0 aromatic carbocycles. The maximum absolute atomic E-state index is 11.9. The second-order valence-corrected chi connectivity index (χ2v) is 3.47. The second-order valence-electron chi connectivity index (χ2n) is 3.47. The molecule has 2 rings (SSSR count). The Balaban J connectivity index is 2.16. The number of ether oxygens (including phenoxy) is 1. The minimum absolute atomic E-state index is 0.0951. The number of aromatic nitrogens is 4.